The lowest BCUT2D eigenvalue weighted by Crippen LogP contribution is -2.34. The Morgan fingerprint density at radius 1 is 0.875 bits per heavy atom. The van der Waals surface area contributed by atoms with Gasteiger partial charge < -0.3 is 5.32 Å². The fourth-order valence-corrected chi connectivity index (χ4v) is 3.75. The van der Waals surface area contributed by atoms with E-state index >= 15 is 0 Å². The van der Waals surface area contributed by atoms with E-state index in [1.165, 1.54) is 5.56 Å². The summed E-state index contributed by atoms with van der Waals surface area (Å²) in [5, 5.41) is 17.0. The van der Waals surface area contributed by atoms with Crippen LogP contribution in [0.25, 0.3) is 27.5 Å². The van der Waals surface area contributed by atoms with Crippen molar-refractivity contribution >= 4 is 50.7 Å². The van der Waals surface area contributed by atoms with Gasteiger partial charge in [0.05, 0.1) is 5.69 Å². The molecule has 4 aromatic carbocycles. The molecule has 0 bridgehead atoms. The van der Waals surface area contributed by atoms with Crippen LogP contribution < -0.4 is 10.6 Å². The van der Waals surface area contributed by atoms with Crippen LogP contribution >= 0.6 is 12.2 Å². The topological polar surface area (TPSA) is 71.8 Å². The van der Waals surface area contributed by atoms with Crippen LogP contribution in [0.2, 0.25) is 0 Å². The molecule has 5 rings (SSSR count). The van der Waals surface area contributed by atoms with Gasteiger partial charge in [-0.3, -0.25) is 10.1 Å². The number of rotatable bonds is 3. The van der Waals surface area contributed by atoms with Crippen molar-refractivity contribution in [1.82, 2.24) is 20.3 Å². The Morgan fingerprint density at radius 2 is 1.62 bits per heavy atom. The van der Waals surface area contributed by atoms with Gasteiger partial charge in [-0.05, 0) is 66.3 Å². The van der Waals surface area contributed by atoms with Crippen LogP contribution in [0, 0.1) is 6.92 Å². The molecule has 0 aliphatic heterocycles. The van der Waals surface area contributed by atoms with Crippen molar-refractivity contribution in [3.05, 3.63) is 96.1 Å². The fraction of sp³-hybridized carbons (Fsp3) is 0.0400. The van der Waals surface area contributed by atoms with Gasteiger partial charge in [-0.2, -0.15) is 4.80 Å². The van der Waals surface area contributed by atoms with Crippen LogP contribution in [-0.4, -0.2) is 26.0 Å². The van der Waals surface area contributed by atoms with Crippen LogP contribution in [0.5, 0.6) is 0 Å². The van der Waals surface area contributed by atoms with Gasteiger partial charge in [-0.25, -0.2) is 0 Å². The average molecular weight is 438 g/mol. The Bertz CT molecular complexity index is 1470. The van der Waals surface area contributed by atoms with Gasteiger partial charge >= 0.3 is 0 Å². The van der Waals surface area contributed by atoms with E-state index in [2.05, 4.69) is 20.8 Å². The van der Waals surface area contributed by atoms with Gasteiger partial charge in [0.2, 0.25) is 0 Å². The molecule has 0 spiro atoms. The van der Waals surface area contributed by atoms with Gasteiger partial charge in [0.1, 0.15) is 11.0 Å². The molecule has 0 unspecified atom stereocenters. The van der Waals surface area contributed by atoms with Crippen LogP contribution in [0.3, 0.4) is 0 Å². The van der Waals surface area contributed by atoms with Crippen LogP contribution in [0.4, 0.5) is 5.69 Å². The summed E-state index contributed by atoms with van der Waals surface area (Å²) in [6.45, 7) is 2.04. The number of aryl methyl sites for hydroxylation is 1. The molecule has 6 nitrogen and oxygen atoms in total. The lowest BCUT2D eigenvalue weighted by Gasteiger charge is -2.11. The zero-order valence-electron chi connectivity index (χ0n) is 17.2. The van der Waals surface area contributed by atoms with Crippen LogP contribution in [0.1, 0.15) is 15.9 Å². The summed E-state index contributed by atoms with van der Waals surface area (Å²) in [7, 11) is 0. The molecule has 0 aliphatic rings. The van der Waals surface area contributed by atoms with Gasteiger partial charge in [-0.15, -0.1) is 10.2 Å². The van der Waals surface area contributed by atoms with Crippen molar-refractivity contribution < 1.29 is 4.79 Å². The molecule has 2 N–H and O–H groups in total. The number of anilines is 1. The molecule has 32 heavy (non-hydrogen) atoms. The highest BCUT2D eigenvalue weighted by Gasteiger charge is 2.12. The van der Waals surface area contributed by atoms with E-state index in [-0.39, 0.29) is 11.0 Å². The number of nitrogens with zero attached hydrogens (tertiary/aromatic N) is 3. The fourth-order valence-electron chi connectivity index (χ4n) is 3.54. The minimum atomic E-state index is -0.259. The molecule has 5 aromatic rings. The molecule has 7 heteroatoms. The number of carbonyl (C=O) groups excluding carboxylic acids is 1. The van der Waals surface area contributed by atoms with E-state index in [0.717, 1.165) is 33.2 Å². The number of hydrogen-bond donors (Lipinski definition) is 2. The first-order valence-corrected chi connectivity index (χ1v) is 10.5. The molecule has 1 amide bonds. The number of fused-ring (bicyclic) bond motifs is 2. The maximum absolute atomic E-state index is 12.8. The molecule has 0 saturated heterocycles. The molecule has 1 heterocycles. The highest BCUT2D eigenvalue weighted by Crippen LogP contribution is 2.20. The van der Waals surface area contributed by atoms with E-state index in [0.29, 0.717) is 5.56 Å². The van der Waals surface area contributed by atoms with Gasteiger partial charge in [0.25, 0.3) is 5.91 Å². The number of amides is 1. The van der Waals surface area contributed by atoms with Crippen molar-refractivity contribution in [3.8, 4) is 5.69 Å². The van der Waals surface area contributed by atoms with Gasteiger partial charge in [0.15, 0.2) is 5.11 Å². The lowest BCUT2D eigenvalue weighted by atomic mass is 10.0. The van der Waals surface area contributed by atoms with Crippen molar-refractivity contribution in [2.75, 3.05) is 5.32 Å². The molecule has 1 aromatic heterocycles. The van der Waals surface area contributed by atoms with Gasteiger partial charge in [-0.1, -0.05) is 54.1 Å². The van der Waals surface area contributed by atoms with Crippen molar-refractivity contribution in [1.29, 1.82) is 0 Å². The Labute approximate surface area is 189 Å². The zero-order chi connectivity index (χ0) is 22.1. The summed E-state index contributed by atoms with van der Waals surface area (Å²) >= 11 is 5.37. The van der Waals surface area contributed by atoms with E-state index in [1.807, 2.05) is 85.8 Å². The number of carbonyl (C=O) groups is 1. The maximum Gasteiger partial charge on any atom is 0.258 e. The van der Waals surface area contributed by atoms with Crippen molar-refractivity contribution in [2.45, 2.75) is 6.92 Å². The first kappa shape index (κ1) is 19.8. The second-order valence-electron chi connectivity index (χ2n) is 7.46. The molecular formula is C25H19N5OS. The third-order valence-corrected chi connectivity index (χ3v) is 5.37. The SMILES string of the molecule is Cc1ccc(-n2nc3ccc(NC(=S)NC(=O)c4cccc5ccccc45)cc3n2)cc1. The first-order valence-electron chi connectivity index (χ1n) is 10.1. The second kappa shape index (κ2) is 8.20. The Kier molecular flexibility index (Phi) is 5.09. The maximum atomic E-state index is 12.8. The van der Waals surface area contributed by atoms with Crippen molar-refractivity contribution in [2.24, 2.45) is 0 Å². The van der Waals surface area contributed by atoms with Gasteiger partial charge in [0, 0.05) is 11.3 Å². The number of nitrogens with one attached hydrogen (secondary N) is 2. The van der Waals surface area contributed by atoms with E-state index in [9.17, 15) is 4.79 Å². The third kappa shape index (κ3) is 3.93. The lowest BCUT2D eigenvalue weighted by molar-refractivity contribution is 0.0979. The molecule has 0 fully saturated rings. The summed E-state index contributed by atoms with van der Waals surface area (Å²) in [6, 6.07) is 26.9. The molecular weight excluding hydrogens is 418 g/mol. The first-order chi connectivity index (χ1) is 15.6. The normalized spacial score (nSPS) is 10.9. The summed E-state index contributed by atoms with van der Waals surface area (Å²) in [4.78, 5) is 14.4. The Balaban J connectivity index is 1.33. The summed E-state index contributed by atoms with van der Waals surface area (Å²) in [5.41, 5.74) is 4.84. The van der Waals surface area contributed by atoms with Crippen LogP contribution in [0.15, 0.2) is 84.9 Å². The predicted octanol–water partition coefficient (Wildman–Crippen LogP) is 5.01. The smallest absolute Gasteiger partial charge is 0.258 e. The number of thiocarbonyl (C=S) groups is 1. The van der Waals surface area contributed by atoms with E-state index in [1.54, 1.807) is 10.9 Å². The molecule has 0 saturated carbocycles. The minimum absolute atomic E-state index is 0.216. The molecule has 0 radical (unpaired) electrons. The summed E-state index contributed by atoms with van der Waals surface area (Å²) in [6.07, 6.45) is 0. The Hall–Kier alpha value is -4.10. The minimum Gasteiger partial charge on any atom is -0.332 e. The summed E-state index contributed by atoms with van der Waals surface area (Å²) in [5.74, 6) is -0.259. The molecule has 156 valence electrons. The number of benzene rings is 4. The second-order valence-corrected chi connectivity index (χ2v) is 7.87. The van der Waals surface area contributed by atoms with Crippen LogP contribution in [-0.2, 0) is 0 Å². The van der Waals surface area contributed by atoms with E-state index < -0.39 is 0 Å². The number of aromatic nitrogens is 3. The molecule has 0 aliphatic carbocycles. The molecule has 0 atom stereocenters. The number of hydrogen-bond acceptors (Lipinski definition) is 4. The predicted molar refractivity (Wildman–Crippen MR) is 131 cm³/mol. The average Bonchev–Trinajstić information content (AvgIpc) is 3.22. The van der Waals surface area contributed by atoms with Crippen molar-refractivity contribution in [3.63, 3.8) is 0 Å². The standard InChI is InChI=1S/C25H19N5OS/c1-16-9-12-19(13-10-16)30-28-22-14-11-18(15-23(22)29-30)26-25(32)27-24(31)21-8-4-6-17-5-2-3-7-20(17)21/h2-15H,1H3,(H2,26,27,31,32). The Morgan fingerprint density at radius 3 is 2.47 bits per heavy atom. The monoisotopic (exact) mass is 437 g/mol. The highest BCUT2D eigenvalue weighted by molar-refractivity contribution is 7.80. The van der Waals surface area contributed by atoms with E-state index in [4.69, 9.17) is 12.2 Å². The largest absolute Gasteiger partial charge is 0.332 e. The summed E-state index contributed by atoms with van der Waals surface area (Å²) < 4.78 is 0. The highest BCUT2D eigenvalue weighted by atomic mass is 32.1. The third-order valence-electron chi connectivity index (χ3n) is 5.16. The zero-order valence-corrected chi connectivity index (χ0v) is 18.1. The quantitative estimate of drug-likeness (QED) is 0.388.